The Labute approximate surface area is 218 Å². The van der Waals surface area contributed by atoms with E-state index in [-0.39, 0.29) is 42.9 Å². The van der Waals surface area contributed by atoms with Gasteiger partial charge in [-0.2, -0.15) is 0 Å². The Morgan fingerprint density at radius 2 is 2.11 bits per heavy atom. The Bertz CT molecular complexity index is 1150. The van der Waals surface area contributed by atoms with Crippen LogP contribution in [-0.2, 0) is 0 Å². The van der Waals surface area contributed by atoms with Crippen molar-refractivity contribution in [3.8, 4) is 11.6 Å². The molecule has 0 bridgehead atoms. The number of aromatic nitrogens is 1. The first-order valence-corrected chi connectivity index (χ1v) is 12.7. The lowest BCUT2D eigenvalue weighted by Gasteiger charge is -2.37. The van der Waals surface area contributed by atoms with E-state index < -0.39 is 6.10 Å². The zero-order valence-corrected chi connectivity index (χ0v) is 21.9. The maximum absolute atomic E-state index is 13.6. The standard InChI is InChI=1S/C28H36N4O5/c1-18-15-32(19(2)17-33)27(34)24-13-21(20-7-5-6-8-20)14-29-26(24)37-25(18)16-31(3)28(35)30-22-9-11-23(36-4)12-10-22/h7,9-14,18-19,25,33H,5-6,8,15-17H2,1-4H3,(H,30,35)/t18-,19-,25-/m0/s1. The molecule has 1 aliphatic carbocycles. The number of carbonyl (C=O) groups excluding carboxylic acids is 2. The molecule has 3 atom stereocenters. The van der Waals surface area contributed by atoms with Crippen molar-refractivity contribution in [2.24, 2.45) is 5.92 Å². The Morgan fingerprint density at radius 1 is 1.35 bits per heavy atom. The molecule has 1 aromatic heterocycles. The number of amides is 3. The number of rotatable bonds is 7. The smallest absolute Gasteiger partial charge is 0.321 e. The van der Waals surface area contributed by atoms with Gasteiger partial charge >= 0.3 is 6.03 Å². The van der Waals surface area contributed by atoms with E-state index in [2.05, 4.69) is 16.4 Å². The monoisotopic (exact) mass is 508 g/mol. The molecule has 4 rings (SSSR count). The summed E-state index contributed by atoms with van der Waals surface area (Å²) in [5, 5.41) is 12.7. The van der Waals surface area contributed by atoms with E-state index in [0.717, 1.165) is 24.8 Å². The van der Waals surface area contributed by atoms with Crippen molar-refractivity contribution in [2.75, 3.05) is 39.2 Å². The second-order valence-electron chi connectivity index (χ2n) is 9.86. The molecule has 0 saturated heterocycles. The van der Waals surface area contributed by atoms with Crippen LogP contribution in [0.25, 0.3) is 5.57 Å². The van der Waals surface area contributed by atoms with Gasteiger partial charge in [0.05, 0.1) is 26.3 Å². The van der Waals surface area contributed by atoms with Gasteiger partial charge in [-0.05, 0) is 67.7 Å². The summed E-state index contributed by atoms with van der Waals surface area (Å²) < 4.78 is 11.5. The average Bonchev–Trinajstić information content (AvgIpc) is 3.45. The summed E-state index contributed by atoms with van der Waals surface area (Å²) in [7, 11) is 3.30. The van der Waals surface area contributed by atoms with Crippen molar-refractivity contribution < 1.29 is 24.2 Å². The molecule has 2 heterocycles. The predicted octanol–water partition coefficient (Wildman–Crippen LogP) is 4.04. The number of hydrogen-bond donors (Lipinski definition) is 2. The molecule has 37 heavy (non-hydrogen) atoms. The Balaban J connectivity index is 1.57. The number of hydrogen-bond acceptors (Lipinski definition) is 6. The molecule has 9 nitrogen and oxygen atoms in total. The predicted molar refractivity (Wildman–Crippen MR) is 142 cm³/mol. The van der Waals surface area contributed by atoms with Crippen LogP contribution < -0.4 is 14.8 Å². The highest BCUT2D eigenvalue weighted by Gasteiger charge is 2.35. The topological polar surface area (TPSA) is 104 Å². The second kappa shape index (κ2) is 11.6. The van der Waals surface area contributed by atoms with Gasteiger partial charge in [-0.3, -0.25) is 4.79 Å². The molecule has 0 unspecified atom stereocenters. The Kier molecular flexibility index (Phi) is 8.33. The number of nitrogens with zero attached hydrogens (tertiary/aromatic N) is 3. The van der Waals surface area contributed by atoms with Crippen LogP contribution in [0.4, 0.5) is 10.5 Å². The summed E-state index contributed by atoms with van der Waals surface area (Å²) >= 11 is 0. The number of aliphatic hydroxyl groups excluding tert-OH is 1. The van der Waals surface area contributed by atoms with E-state index in [9.17, 15) is 14.7 Å². The fourth-order valence-electron chi connectivity index (χ4n) is 4.67. The van der Waals surface area contributed by atoms with Gasteiger partial charge in [0.15, 0.2) is 0 Å². The van der Waals surface area contributed by atoms with E-state index >= 15 is 0 Å². The van der Waals surface area contributed by atoms with Crippen molar-refractivity contribution in [3.63, 3.8) is 0 Å². The van der Waals surface area contributed by atoms with Crippen LogP contribution in [0, 0.1) is 5.92 Å². The number of allylic oxidation sites excluding steroid dienone is 2. The minimum absolute atomic E-state index is 0.124. The van der Waals surface area contributed by atoms with Crippen molar-refractivity contribution >= 4 is 23.2 Å². The maximum Gasteiger partial charge on any atom is 0.321 e. The molecule has 3 amide bonds. The molecule has 0 radical (unpaired) electrons. The largest absolute Gasteiger partial charge is 0.497 e. The van der Waals surface area contributed by atoms with Crippen molar-refractivity contribution in [1.82, 2.24) is 14.8 Å². The summed E-state index contributed by atoms with van der Waals surface area (Å²) in [6.45, 7) is 4.32. The third-order valence-electron chi connectivity index (χ3n) is 7.07. The number of likely N-dealkylation sites (N-methyl/N-ethyl adjacent to an activating group) is 1. The van der Waals surface area contributed by atoms with Crippen LogP contribution in [0.1, 0.15) is 49.0 Å². The molecule has 0 spiro atoms. The second-order valence-corrected chi connectivity index (χ2v) is 9.86. The van der Waals surface area contributed by atoms with Gasteiger partial charge in [0.25, 0.3) is 5.91 Å². The molecule has 1 aromatic carbocycles. The molecular formula is C28H36N4O5. The number of benzene rings is 1. The van der Waals surface area contributed by atoms with E-state index in [1.165, 1.54) is 5.57 Å². The van der Waals surface area contributed by atoms with Gasteiger partial charge in [-0.25, -0.2) is 9.78 Å². The van der Waals surface area contributed by atoms with Gasteiger partial charge in [-0.15, -0.1) is 0 Å². The number of anilines is 1. The van der Waals surface area contributed by atoms with Crippen LogP contribution in [-0.4, -0.2) is 77.8 Å². The van der Waals surface area contributed by atoms with Gasteiger partial charge in [0, 0.05) is 31.4 Å². The van der Waals surface area contributed by atoms with Crippen LogP contribution in [0.15, 0.2) is 42.6 Å². The normalized spacial score (nSPS) is 20.2. The summed E-state index contributed by atoms with van der Waals surface area (Å²) in [5.74, 6) is 0.627. The number of carbonyl (C=O) groups is 2. The lowest BCUT2D eigenvalue weighted by atomic mass is 9.99. The molecule has 198 valence electrons. The summed E-state index contributed by atoms with van der Waals surface area (Å²) in [6.07, 6.45) is 6.60. The molecule has 0 saturated carbocycles. The lowest BCUT2D eigenvalue weighted by Crippen LogP contribution is -2.50. The maximum atomic E-state index is 13.6. The zero-order valence-electron chi connectivity index (χ0n) is 21.9. The first-order chi connectivity index (χ1) is 17.8. The van der Waals surface area contributed by atoms with E-state index in [4.69, 9.17) is 9.47 Å². The SMILES string of the molecule is COc1ccc(NC(=O)N(C)C[C@@H]2Oc3ncc(C4=CCCC4)cc3C(=O)N([C@@H](C)CO)C[C@@H]2C)cc1. The number of ether oxygens (including phenoxy) is 2. The fourth-order valence-corrected chi connectivity index (χ4v) is 4.67. The molecule has 1 aliphatic heterocycles. The number of aliphatic hydroxyl groups is 1. The van der Waals surface area contributed by atoms with E-state index in [1.54, 1.807) is 54.4 Å². The minimum Gasteiger partial charge on any atom is -0.497 e. The lowest BCUT2D eigenvalue weighted by molar-refractivity contribution is 0.0356. The van der Waals surface area contributed by atoms with Crippen LogP contribution in [0.5, 0.6) is 11.6 Å². The van der Waals surface area contributed by atoms with E-state index in [1.807, 2.05) is 19.9 Å². The van der Waals surface area contributed by atoms with Crippen LogP contribution >= 0.6 is 0 Å². The third kappa shape index (κ3) is 6.05. The number of urea groups is 1. The van der Waals surface area contributed by atoms with Crippen molar-refractivity contribution in [3.05, 3.63) is 53.7 Å². The minimum atomic E-state index is -0.420. The van der Waals surface area contributed by atoms with E-state index in [0.29, 0.717) is 23.5 Å². The number of fused-ring (bicyclic) bond motifs is 1. The first-order valence-electron chi connectivity index (χ1n) is 12.7. The summed E-state index contributed by atoms with van der Waals surface area (Å²) in [6, 6.07) is 8.31. The van der Waals surface area contributed by atoms with Crippen LogP contribution in [0.3, 0.4) is 0 Å². The molecule has 2 aromatic rings. The number of methoxy groups -OCH3 is 1. The molecule has 0 fully saturated rings. The highest BCUT2D eigenvalue weighted by molar-refractivity contribution is 5.97. The van der Waals surface area contributed by atoms with Gasteiger partial charge < -0.3 is 29.7 Å². The highest BCUT2D eigenvalue weighted by atomic mass is 16.5. The first kappa shape index (κ1) is 26.5. The van der Waals surface area contributed by atoms with Gasteiger partial charge in [0.1, 0.15) is 17.4 Å². The van der Waals surface area contributed by atoms with Crippen LogP contribution in [0.2, 0.25) is 0 Å². The van der Waals surface area contributed by atoms with Crippen molar-refractivity contribution in [2.45, 2.75) is 45.3 Å². The quantitative estimate of drug-likeness (QED) is 0.585. The molecular weight excluding hydrogens is 472 g/mol. The molecule has 2 N–H and O–H groups in total. The van der Waals surface area contributed by atoms with Gasteiger partial charge in [0.2, 0.25) is 5.88 Å². The number of nitrogens with one attached hydrogen (secondary N) is 1. The third-order valence-corrected chi connectivity index (χ3v) is 7.07. The number of pyridine rings is 1. The molecule has 9 heteroatoms. The summed E-state index contributed by atoms with van der Waals surface area (Å²) in [5.41, 5.74) is 3.14. The highest BCUT2D eigenvalue weighted by Crippen LogP contribution is 2.32. The molecule has 2 aliphatic rings. The van der Waals surface area contributed by atoms with Crippen molar-refractivity contribution in [1.29, 1.82) is 0 Å². The fraction of sp³-hybridized carbons (Fsp3) is 0.464. The average molecular weight is 509 g/mol. The zero-order chi connectivity index (χ0) is 26.5. The summed E-state index contributed by atoms with van der Waals surface area (Å²) in [4.78, 5) is 34.3. The van der Waals surface area contributed by atoms with Gasteiger partial charge in [-0.1, -0.05) is 13.0 Å². The Morgan fingerprint density at radius 3 is 2.76 bits per heavy atom. The Hall–Kier alpha value is -3.59.